The Hall–Kier alpha value is -3.11. The number of rotatable bonds is 7. The lowest BCUT2D eigenvalue weighted by molar-refractivity contribution is -0.122. The highest BCUT2D eigenvalue weighted by molar-refractivity contribution is 5.72. The molecule has 1 unspecified atom stereocenters. The van der Waals surface area contributed by atoms with Gasteiger partial charge < -0.3 is 14.6 Å². The molecule has 2 fully saturated rings. The van der Waals surface area contributed by atoms with Crippen LogP contribution in [0.25, 0.3) is 11.1 Å². The van der Waals surface area contributed by atoms with Crippen LogP contribution in [0.15, 0.2) is 72.0 Å². The molecule has 1 aliphatic heterocycles. The number of allylic oxidation sites excluding steroid dienone is 4. The maximum absolute atomic E-state index is 8.36. The fourth-order valence-electron chi connectivity index (χ4n) is 5.42. The van der Waals surface area contributed by atoms with Gasteiger partial charge in [0.15, 0.2) is 0 Å². The molecule has 0 amide bonds. The van der Waals surface area contributed by atoms with Crippen molar-refractivity contribution in [2.75, 3.05) is 13.2 Å². The first-order chi connectivity index (χ1) is 17.2. The highest BCUT2D eigenvalue weighted by atomic mass is 16.5. The van der Waals surface area contributed by atoms with Crippen molar-refractivity contribution in [3.63, 3.8) is 0 Å². The van der Waals surface area contributed by atoms with Gasteiger partial charge in [-0.2, -0.15) is 0 Å². The van der Waals surface area contributed by atoms with E-state index in [9.17, 15) is 0 Å². The predicted molar refractivity (Wildman–Crippen MR) is 147 cm³/mol. The van der Waals surface area contributed by atoms with Gasteiger partial charge in [-0.1, -0.05) is 56.8 Å². The van der Waals surface area contributed by atoms with Crippen LogP contribution in [0, 0.1) is 25.2 Å². The van der Waals surface area contributed by atoms with E-state index in [-0.39, 0.29) is 6.47 Å². The zero-order chi connectivity index (χ0) is 26.3. The minimum absolute atomic E-state index is 0.250. The number of carbonyl (C=O) groups is 1. The van der Waals surface area contributed by atoms with Crippen molar-refractivity contribution in [1.29, 1.82) is 0 Å². The van der Waals surface area contributed by atoms with Crippen LogP contribution >= 0.6 is 0 Å². The molecule has 36 heavy (non-hydrogen) atoms. The first-order valence-electron chi connectivity index (χ1n) is 12.7. The Balaban J connectivity index is 0.00000115. The topological polar surface area (TPSA) is 55.8 Å². The van der Waals surface area contributed by atoms with Crippen LogP contribution < -0.4 is 0 Å². The van der Waals surface area contributed by atoms with Gasteiger partial charge in [-0.3, -0.25) is 4.79 Å². The summed E-state index contributed by atoms with van der Waals surface area (Å²) < 4.78 is 11.5. The highest BCUT2D eigenvalue weighted by Crippen LogP contribution is 2.36. The summed E-state index contributed by atoms with van der Waals surface area (Å²) in [7, 11) is 0. The van der Waals surface area contributed by atoms with E-state index in [1.807, 2.05) is 0 Å². The number of benzene rings is 2. The molecule has 0 radical (unpaired) electrons. The Bertz CT molecular complexity index is 1130. The Labute approximate surface area is 216 Å². The second-order valence-corrected chi connectivity index (χ2v) is 10.6. The lowest BCUT2D eigenvalue weighted by atomic mass is 9.80. The van der Waals surface area contributed by atoms with Gasteiger partial charge in [0.25, 0.3) is 6.47 Å². The van der Waals surface area contributed by atoms with E-state index in [0.29, 0.717) is 17.9 Å². The number of hydrogen-bond donors (Lipinski definition) is 1. The Morgan fingerprint density at radius 2 is 1.78 bits per heavy atom. The summed E-state index contributed by atoms with van der Waals surface area (Å²) in [4.78, 5) is 8.36. The number of aryl methyl sites for hydroxylation is 2. The van der Waals surface area contributed by atoms with Crippen LogP contribution in [0.3, 0.4) is 0 Å². The molecule has 192 valence electrons. The SMILES string of the molecule is C=C(/C=C1/CC(C)C/C1=C/C)OCc1cccc(-c2c(C)cc(CC3(C)COC3)cc2C)c1.O=CO. The molecule has 1 aliphatic carbocycles. The zero-order valence-electron chi connectivity index (χ0n) is 22.4. The summed E-state index contributed by atoms with van der Waals surface area (Å²) in [5, 5.41) is 6.89. The third kappa shape index (κ3) is 6.98. The third-order valence-corrected chi connectivity index (χ3v) is 7.00. The molecule has 4 heteroatoms. The van der Waals surface area contributed by atoms with Crippen molar-refractivity contribution in [2.45, 2.75) is 60.5 Å². The molecule has 0 spiro atoms. The highest BCUT2D eigenvalue weighted by Gasteiger charge is 2.33. The fourth-order valence-corrected chi connectivity index (χ4v) is 5.42. The van der Waals surface area contributed by atoms with Crippen molar-refractivity contribution in [1.82, 2.24) is 0 Å². The van der Waals surface area contributed by atoms with Gasteiger partial charge in [0, 0.05) is 5.41 Å². The molecule has 2 aromatic carbocycles. The lowest BCUT2D eigenvalue weighted by Gasteiger charge is -2.38. The van der Waals surface area contributed by atoms with Gasteiger partial charge in [0.05, 0.1) is 13.2 Å². The monoisotopic (exact) mass is 488 g/mol. The second kappa shape index (κ2) is 12.2. The van der Waals surface area contributed by atoms with Crippen LogP contribution in [0.5, 0.6) is 0 Å². The van der Waals surface area contributed by atoms with E-state index in [0.717, 1.165) is 38.2 Å². The number of carboxylic acid groups (broad SMARTS) is 1. The van der Waals surface area contributed by atoms with E-state index >= 15 is 0 Å². The molecule has 2 aliphatic rings. The van der Waals surface area contributed by atoms with E-state index in [1.54, 1.807) is 0 Å². The predicted octanol–water partition coefficient (Wildman–Crippen LogP) is 7.58. The van der Waals surface area contributed by atoms with Gasteiger partial charge in [-0.15, -0.1) is 0 Å². The maximum atomic E-state index is 8.36. The molecule has 1 heterocycles. The fraction of sp³-hybridized carbons (Fsp3) is 0.406. The third-order valence-electron chi connectivity index (χ3n) is 7.00. The Morgan fingerprint density at radius 1 is 1.14 bits per heavy atom. The van der Waals surface area contributed by atoms with E-state index in [1.165, 1.54) is 44.5 Å². The summed E-state index contributed by atoms with van der Waals surface area (Å²) in [5.41, 5.74) is 10.9. The first kappa shape index (κ1) is 27.5. The maximum Gasteiger partial charge on any atom is 0.290 e. The Morgan fingerprint density at radius 3 is 2.36 bits per heavy atom. The Kier molecular flexibility index (Phi) is 9.33. The van der Waals surface area contributed by atoms with Crippen LogP contribution in [-0.4, -0.2) is 24.8 Å². The summed E-state index contributed by atoms with van der Waals surface area (Å²) >= 11 is 0. The molecule has 1 atom stereocenters. The lowest BCUT2D eigenvalue weighted by Crippen LogP contribution is -2.41. The molecular formula is C32H40O4. The van der Waals surface area contributed by atoms with Gasteiger partial charge in [-0.25, -0.2) is 0 Å². The average molecular weight is 489 g/mol. The van der Waals surface area contributed by atoms with Crippen molar-refractivity contribution in [3.05, 3.63) is 94.3 Å². The van der Waals surface area contributed by atoms with Crippen molar-refractivity contribution in [2.24, 2.45) is 11.3 Å². The van der Waals surface area contributed by atoms with Crippen LogP contribution in [-0.2, 0) is 27.3 Å². The smallest absolute Gasteiger partial charge is 0.290 e. The molecule has 0 aromatic heterocycles. The zero-order valence-corrected chi connectivity index (χ0v) is 22.4. The quantitative estimate of drug-likeness (QED) is 0.322. The van der Waals surface area contributed by atoms with Gasteiger partial charge in [0.1, 0.15) is 12.4 Å². The largest absolute Gasteiger partial charge is 0.490 e. The second-order valence-electron chi connectivity index (χ2n) is 10.6. The summed E-state index contributed by atoms with van der Waals surface area (Å²) in [6.45, 7) is 17.4. The molecule has 1 saturated heterocycles. The van der Waals surface area contributed by atoms with Gasteiger partial charge >= 0.3 is 0 Å². The summed E-state index contributed by atoms with van der Waals surface area (Å²) in [6, 6.07) is 13.4. The summed E-state index contributed by atoms with van der Waals surface area (Å²) in [6.07, 6.45) is 7.69. The molecule has 0 bridgehead atoms. The van der Waals surface area contributed by atoms with Crippen molar-refractivity contribution in [3.8, 4) is 11.1 Å². The van der Waals surface area contributed by atoms with E-state index < -0.39 is 0 Å². The van der Waals surface area contributed by atoms with E-state index in [4.69, 9.17) is 19.4 Å². The molecule has 4 nitrogen and oxygen atoms in total. The van der Waals surface area contributed by atoms with Gasteiger partial charge in [-0.05, 0) is 103 Å². The summed E-state index contributed by atoms with van der Waals surface area (Å²) in [5.74, 6) is 1.45. The van der Waals surface area contributed by atoms with Crippen LogP contribution in [0.4, 0.5) is 0 Å². The molecule has 1 saturated carbocycles. The van der Waals surface area contributed by atoms with Crippen LogP contribution in [0.2, 0.25) is 0 Å². The number of hydrogen-bond acceptors (Lipinski definition) is 3. The standard InChI is InChI=1S/C31H38O2.CH2O2/c1-7-27-11-21(2)12-29(27)15-24(5)33-18-25-9-8-10-28(16-25)30-22(3)13-26(14-23(30)4)17-31(6)19-32-20-31;2-1-3/h7-10,13-16,21H,5,11-12,17-20H2,1-4,6H3;1H,(H,2,3)/b27-7-,29-15-;. The van der Waals surface area contributed by atoms with Crippen molar-refractivity contribution < 1.29 is 19.4 Å². The molecule has 2 aromatic rings. The molecule has 1 N–H and O–H groups in total. The molecular weight excluding hydrogens is 448 g/mol. The normalized spacial score (nSPS) is 20.4. The first-order valence-corrected chi connectivity index (χ1v) is 12.7. The van der Waals surface area contributed by atoms with E-state index in [2.05, 4.69) is 89.7 Å². The average Bonchev–Trinajstić information content (AvgIpc) is 3.16. The minimum atomic E-state index is -0.250. The minimum Gasteiger partial charge on any atom is -0.490 e. The van der Waals surface area contributed by atoms with Crippen LogP contribution in [0.1, 0.15) is 55.9 Å². The van der Waals surface area contributed by atoms with Gasteiger partial charge in [0.2, 0.25) is 0 Å². The number of ether oxygens (including phenoxy) is 2. The molecule has 4 rings (SSSR count). The van der Waals surface area contributed by atoms with Crippen molar-refractivity contribution >= 4 is 6.47 Å².